The highest BCUT2D eigenvalue weighted by atomic mass is 35.5. The summed E-state index contributed by atoms with van der Waals surface area (Å²) in [4.78, 5) is 24.2. The van der Waals surface area contributed by atoms with Crippen LogP contribution in [0.1, 0.15) is 30.6 Å². The molecule has 0 radical (unpaired) electrons. The fourth-order valence-electron chi connectivity index (χ4n) is 2.47. The lowest BCUT2D eigenvalue weighted by Gasteiger charge is -2.23. The Hall–Kier alpha value is -1.92. The van der Waals surface area contributed by atoms with Crippen molar-refractivity contribution >= 4 is 11.6 Å². The summed E-state index contributed by atoms with van der Waals surface area (Å²) in [5, 5.41) is 4.52. The molecule has 7 heteroatoms. The van der Waals surface area contributed by atoms with Crippen LogP contribution in [0.2, 0.25) is 5.02 Å². The molecular weight excluding hydrogens is 328 g/mol. The van der Waals surface area contributed by atoms with Crippen LogP contribution < -0.4 is 11.2 Å². The fraction of sp³-hybridized carbons (Fsp3) is 0.471. The summed E-state index contributed by atoms with van der Waals surface area (Å²) in [6, 6.07) is 8.55. The minimum atomic E-state index is -0.402. The maximum atomic E-state index is 11.0. The average Bonchev–Trinajstić information content (AvgIpc) is 2.52. The van der Waals surface area contributed by atoms with Gasteiger partial charge in [-0.05, 0) is 45.1 Å². The smallest absolute Gasteiger partial charge is 0.302 e. The Kier molecular flexibility index (Phi) is 7.38. The van der Waals surface area contributed by atoms with E-state index in [9.17, 15) is 9.59 Å². The van der Waals surface area contributed by atoms with Crippen molar-refractivity contribution in [2.45, 2.75) is 26.3 Å². The molecule has 0 N–H and O–H groups in total. The van der Waals surface area contributed by atoms with Gasteiger partial charge in [-0.25, -0.2) is 9.48 Å². The minimum absolute atomic E-state index is 0.328. The Morgan fingerprint density at radius 1 is 1.25 bits per heavy atom. The predicted molar refractivity (Wildman–Crippen MR) is 97.6 cm³/mol. The van der Waals surface area contributed by atoms with Gasteiger partial charge in [0.15, 0.2) is 0 Å². The Balaban J connectivity index is 0.000000243. The van der Waals surface area contributed by atoms with Crippen molar-refractivity contribution < 1.29 is 0 Å². The third kappa shape index (κ3) is 5.04. The molecular formula is C17H25ClN4O2. The average molecular weight is 353 g/mol. The highest BCUT2D eigenvalue weighted by molar-refractivity contribution is 6.30. The Morgan fingerprint density at radius 3 is 2.38 bits per heavy atom. The van der Waals surface area contributed by atoms with E-state index in [1.165, 1.54) is 19.7 Å². The highest BCUT2D eigenvalue weighted by Crippen LogP contribution is 2.23. The van der Waals surface area contributed by atoms with Crippen LogP contribution in [0.4, 0.5) is 0 Å². The number of benzene rings is 1. The molecule has 0 bridgehead atoms. The van der Waals surface area contributed by atoms with Crippen LogP contribution in [-0.4, -0.2) is 33.3 Å². The molecule has 0 aliphatic carbocycles. The van der Waals surface area contributed by atoms with Crippen LogP contribution >= 0.6 is 11.6 Å². The zero-order chi connectivity index (χ0) is 18.4. The second-order valence-electron chi connectivity index (χ2n) is 5.80. The van der Waals surface area contributed by atoms with Gasteiger partial charge in [0.25, 0.3) is 5.56 Å². The van der Waals surface area contributed by atoms with Crippen molar-refractivity contribution in [3.63, 3.8) is 0 Å². The van der Waals surface area contributed by atoms with Gasteiger partial charge in [0.05, 0.1) is 0 Å². The quantitative estimate of drug-likeness (QED) is 0.849. The molecule has 2 aromatic rings. The molecule has 0 saturated carbocycles. The molecule has 1 aromatic carbocycles. The van der Waals surface area contributed by atoms with Crippen molar-refractivity contribution in [2.75, 3.05) is 14.1 Å². The van der Waals surface area contributed by atoms with Crippen LogP contribution in [-0.2, 0) is 14.1 Å². The third-order valence-corrected chi connectivity index (χ3v) is 3.96. The molecule has 1 heterocycles. The van der Waals surface area contributed by atoms with E-state index in [2.05, 4.69) is 37.1 Å². The van der Waals surface area contributed by atoms with Crippen molar-refractivity contribution in [3.05, 3.63) is 61.4 Å². The van der Waals surface area contributed by atoms with Crippen LogP contribution in [0, 0.1) is 6.92 Å². The van der Waals surface area contributed by atoms with E-state index in [-0.39, 0.29) is 5.56 Å². The zero-order valence-electron chi connectivity index (χ0n) is 15.1. The third-order valence-electron chi connectivity index (χ3n) is 3.72. The summed E-state index contributed by atoms with van der Waals surface area (Å²) in [5.74, 6) is 0. The molecule has 0 aliphatic rings. The second kappa shape index (κ2) is 8.80. The number of aromatic nitrogens is 3. The zero-order valence-corrected chi connectivity index (χ0v) is 15.8. The van der Waals surface area contributed by atoms with Gasteiger partial charge in [-0.15, -0.1) is 0 Å². The van der Waals surface area contributed by atoms with Gasteiger partial charge >= 0.3 is 5.69 Å². The first-order chi connectivity index (χ1) is 11.2. The van der Waals surface area contributed by atoms with Crippen molar-refractivity contribution in [1.82, 2.24) is 19.2 Å². The topological polar surface area (TPSA) is 60.1 Å². The molecule has 132 valence electrons. The van der Waals surface area contributed by atoms with Gasteiger partial charge in [-0.3, -0.25) is 9.36 Å². The first-order valence-corrected chi connectivity index (χ1v) is 8.09. The number of hydrogen-bond acceptors (Lipinski definition) is 4. The minimum Gasteiger partial charge on any atom is -0.302 e. The number of halogens is 1. The molecule has 1 unspecified atom stereocenters. The monoisotopic (exact) mass is 352 g/mol. The molecule has 0 spiro atoms. The number of rotatable bonds is 3. The molecule has 0 saturated heterocycles. The van der Waals surface area contributed by atoms with Crippen LogP contribution in [0.15, 0.2) is 33.9 Å². The van der Waals surface area contributed by atoms with Gasteiger partial charge in [-0.1, -0.05) is 30.7 Å². The fourth-order valence-corrected chi connectivity index (χ4v) is 2.67. The van der Waals surface area contributed by atoms with E-state index < -0.39 is 5.69 Å². The van der Waals surface area contributed by atoms with E-state index in [0.29, 0.717) is 11.7 Å². The maximum absolute atomic E-state index is 11.0. The van der Waals surface area contributed by atoms with Gasteiger partial charge in [0, 0.05) is 25.2 Å². The lowest BCUT2D eigenvalue weighted by Crippen LogP contribution is -2.39. The largest absolute Gasteiger partial charge is 0.346 e. The molecule has 0 aliphatic heterocycles. The summed E-state index contributed by atoms with van der Waals surface area (Å²) < 4.78 is 2.17. The Morgan fingerprint density at radius 2 is 1.88 bits per heavy atom. The normalized spacial score (nSPS) is 11.8. The Bertz CT molecular complexity index is 762. The van der Waals surface area contributed by atoms with Gasteiger partial charge in [-0.2, -0.15) is 5.10 Å². The van der Waals surface area contributed by atoms with Crippen molar-refractivity contribution in [3.8, 4) is 0 Å². The summed E-state index contributed by atoms with van der Waals surface area (Å²) in [7, 11) is 7.12. The molecule has 6 nitrogen and oxygen atoms in total. The van der Waals surface area contributed by atoms with Gasteiger partial charge < -0.3 is 4.90 Å². The first kappa shape index (κ1) is 20.1. The summed E-state index contributed by atoms with van der Waals surface area (Å²) >= 11 is 5.93. The molecule has 1 atom stereocenters. The summed E-state index contributed by atoms with van der Waals surface area (Å²) in [5.41, 5.74) is 0.878. The van der Waals surface area contributed by atoms with Crippen LogP contribution in [0.25, 0.3) is 0 Å². The number of aryl methyl sites for hydroxylation is 2. The molecule has 0 amide bonds. The van der Waals surface area contributed by atoms with Crippen LogP contribution in [0.5, 0.6) is 0 Å². The predicted octanol–water partition coefficient (Wildman–Crippen LogP) is 2.14. The SMILES string of the molecule is CCC(c1cccc(Cl)c1)N(C)C.Cc1nn(C)c(=O)n(C)c1=O. The second-order valence-corrected chi connectivity index (χ2v) is 6.23. The first-order valence-electron chi connectivity index (χ1n) is 7.71. The van der Waals surface area contributed by atoms with Gasteiger partial charge in [0.2, 0.25) is 0 Å². The molecule has 24 heavy (non-hydrogen) atoms. The van der Waals surface area contributed by atoms with Crippen molar-refractivity contribution in [2.24, 2.45) is 14.1 Å². The van der Waals surface area contributed by atoms with Crippen LogP contribution in [0.3, 0.4) is 0 Å². The van der Waals surface area contributed by atoms with E-state index >= 15 is 0 Å². The lowest BCUT2D eigenvalue weighted by molar-refractivity contribution is 0.292. The summed E-state index contributed by atoms with van der Waals surface area (Å²) in [6.07, 6.45) is 1.10. The molecule has 2 rings (SSSR count). The number of hydrogen-bond donors (Lipinski definition) is 0. The van der Waals surface area contributed by atoms with E-state index in [1.54, 1.807) is 6.92 Å². The van der Waals surface area contributed by atoms with Gasteiger partial charge in [0.1, 0.15) is 5.69 Å². The molecule has 0 fully saturated rings. The number of nitrogens with zero attached hydrogens (tertiary/aromatic N) is 4. The van der Waals surface area contributed by atoms with E-state index in [1.807, 2.05) is 18.2 Å². The van der Waals surface area contributed by atoms with E-state index in [0.717, 1.165) is 20.7 Å². The standard InChI is InChI=1S/C11H16ClN.C6H9N3O2/c1-4-11(13(2)3)9-6-5-7-10(12)8-9;1-4-5(10)8(2)6(11)9(3)7-4/h5-8,11H,4H2,1-3H3;1-3H3. The van der Waals surface area contributed by atoms with E-state index in [4.69, 9.17) is 11.6 Å². The lowest BCUT2D eigenvalue weighted by atomic mass is 10.0. The molecule has 1 aromatic heterocycles. The summed E-state index contributed by atoms with van der Waals surface area (Å²) in [6.45, 7) is 3.76. The maximum Gasteiger partial charge on any atom is 0.346 e. The van der Waals surface area contributed by atoms with Crippen molar-refractivity contribution in [1.29, 1.82) is 0 Å². The highest BCUT2D eigenvalue weighted by Gasteiger charge is 2.10. The Labute approximate surface area is 147 Å².